The van der Waals surface area contributed by atoms with E-state index in [4.69, 9.17) is 4.74 Å². The minimum absolute atomic E-state index is 0.262. The number of rotatable bonds is 3. The molecule has 2 rings (SSSR count). The summed E-state index contributed by atoms with van der Waals surface area (Å²) < 4.78 is 7.49. The number of alkyl halides is 1. The minimum atomic E-state index is 0.262. The number of ether oxygens (including phenoxy) is 1. The first kappa shape index (κ1) is 11.2. The lowest BCUT2D eigenvalue weighted by Crippen LogP contribution is -2.43. The molecule has 0 atom stereocenters. The zero-order valence-corrected chi connectivity index (χ0v) is 11.3. The van der Waals surface area contributed by atoms with E-state index in [0.717, 1.165) is 5.92 Å². The van der Waals surface area contributed by atoms with Crippen LogP contribution in [0.4, 0.5) is 0 Å². The van der Waals surface area contributed by atoms with Gasteiger partial charge in [0.25, 0.3) is 0 Å². The van der Waals surface area contributed by atoms with E-state index in [0.29, 0.717) is 6.10 Å². The lowest BCUT2D eigenvalue weighted by molar-refractivity contribution is -0.127. The van der Waals surface area contributed by atoms with Gasteiger partial charge in [-0.25, -0.2) is 0 Å². The van der Waals surface area contributed by atoms with Gasteiger partial charge >= 0.3 is 0 Å². The molecule has 14 heavy (non-hydrogen) atoms. The van der Waals surface area contributed by atoms with Crippen molar-refractivity contribution >= 4 is 22.6 Å². The molecule has 0 aromatic rings. The molecule has 0 N–H and O–H groups in total. The normalized spacial score (nSPS) is 39.4. The highest BCUT2D eigenvalue weighted by Crippen LogP contribution is 2.39. The predicted octanol–water partition coefficient (Wildman–Crippen LogP) is 3.94. The van der Waals surface area contributed by atoms with Crippen LogP contribution in [0.2, 0.25) is 0 Å². The van der Waals surface area contributed by atoms with Crippen LogP contribution in [0.15, 0.2) is 0 Å². The molecule has 0 unspecified atom stereocenters. The van der Waals surface area contributed by atoms with E-state index in [1.54, 1.807) is 0 Å². The fourth-order valence-corrected chi connectivity index (χ4v) is 3.36. The van der Waals surface area contributed by atoms with Crippen LogP contribution in [0.1, 0.15) is 51.9 Å². The van der Waals surface area contributed by atoms with E-state index in [2.05, 4.69) is 29.5 Å². The molecule has 2 heteroatoms. The van der Waals surface area contributed by atoms with E-state index in [1.165, 1.54) is 49.4 Å². The number of hydrogen-bond donors (Lipinski definition) is 0. The topological polar surface area (TPSA) is 9.23 Å². The van der Waals surface area contributed by atoms with Crippen molar-refractivity contribution in [3.8, 4) is 0 Å². The number of halogens is 1. The van der Waals surface area contributed by atoms with E-state index in [1.807, 2.05) is 0 Å². The standard InChI is InChI=1S/C12H21IO/c1-10-5-7-12(9-13,8-6-10)14-11-3-2-4-11/h10-11H,2-9H2,1H3. The molecule has 1 nitrogen and oxygen atoms in total. The van der Waals surface area contributed by atoms with Crippen LogP contribution in [-0.2, 0) is 4.74 Å². The molecule has 2 aliphatic rings. The van der Waals surface area contributed by atoms with Crippen LogP contribution >= 0.6 is 22.6 Å². The van der Waals surface area contributed by atoms with Gasteiger partial charge in [-0.2, -0.15) is 0 Å². The Morgan fingerprint density at radius 2 is 1.86 bits per heavy atom. The van der Waals surface area contributed by atoms with Crippen molar-refractivity contribution in [2.75, 3.05) is 4.43 Å². The lowest BCUT2D eigenvalue weighted by Gasteiger charge is -2.43. The van der Waals surface area contributed by atoms with Gasteiger partial charge in [-0.05, 0) is 50.9 Å². The van der Waals surface area contributed by atoms with Crippen LogP contribution < -0.4 is 0 Å². The van der Waals surface area contributed by atoms with E-state index in [-0.39, 0.29) is 5.60 Å². The third-order valence-corrected chi connectivity index (χ3v) is 5.29. The highest BCUT2D eigenvalue weighted by atomic mass is 127. The van der Waals surface area contributed by atoms with Crippen molar-refractivity contribution < 1.29 is 4.74 Å². The third-order valence-electron chi connectivity index (χ3n) is 3.90. The van der Waals surface area contributed by atoms with Crippen LogP contribution in [-0.4, -0.2) is 16.1 Å². The van der Waals surface area contributed by atoms with Crippen LogP contribution in [0.25, 0.3) is 0 Å². The monoisotopic (exact) mass is 308 g/mol. The Balaban J connectivity index is 1.88. The maximum atomic E-state index is 6.30. The second-order valence-electron chi connectivity index (χ2n) is 5.17. The lowest BCUT2D eigenvalue weighted by atomic mass is 9.80. The Labute approximate surface area is 101 Å². The molecular formula is C12H21IO. The van der Waals surface area contributed by atoms with E-state index >= 15 is 0 Å². The van der Waals surface area contributed by atoms with Gasteiger partial charge in [0.1, 0.15) is 0 Å². The maximum absolute atomic E-state index is 6.30. The molecule has 82 valence electrons. The zero-order valence-electron chi connectivity index (χ0n) is 9.10. The minimum Gasteiger partial charge on any atom is -0.371 e. The molecule has 0 spiro atoms. The summed E-state index contributed by atoms with van der Waals surface area (Å²) in [7, 11) is 0. The Morgan fingerprint density at radius 1 is 1.21 bits per heavy atom. The summed E-state index contributed by atoms with van der Waals surface area (Å²) in [6.07, 6.45) is 9.96. The smallest absolute Gasteiger partial charge is 0.0775 e. The Hall–Kier alpha value is 0.690. The fourth-order valence-electron chi connectivity index (χ4n) is 2.41. The SMILES string of the molecule is CC1CCC(CI)(OC2CCC2)CC1. The van der Waals surface area contributed by atoms with Crippen molar-refractivity contribution in [2.45, 2.75) is 63.6 Å². The molecule has 0 heterocycles. The second-order valence-corrected chi connectivity index (χ2v) is 5.93. The third kappa shape index (κ3) is 2.43. The molecule has 2 aliphatic carbocycles. The van der Waals surface area contributed by atoms with Crippen molar-refractivity contribution in [2.24, 2.45) is 5.92 Å². The van der Waals surface area contributed by atoms with Crippen molar-refractivity contribution in [3.63, 3.8) is 0 Å². The molecule has 2 fully saturated rings. The largest absolute Gasteiger partial charge is 0.371 e. The second kappa shape index (κ2) is 4.69. The first-order chi connectivity index (χ1) is 6.74. The van der Waals surface area contributed by atoms with E-state index < -0.39 is 0 Å². The summed E-state index contributed by atoms with van der Waals surface area (Å²) in [5.41, 5.74) is 0.262. The van der Waals surface area contributed by atoms with Crippen molar-refractivity contribution in [3.05, 3.63) is 0 Å². The first-order valence-electron chi connectivity index (χ1n) is 5.98. The number of hydrogen-bond acceptors (Lipinski definition) is 1. The van der Waals surface area contributed by atoms with Gasteiger partial charge in [-0.1, -0.05) is 29.5 Å². The molecule has 0 aromatic heterocycles. The summed E-state index contributed by atoms with van der Waals surface area (Å²) in [4.78, 5) is 0. The van der Waals surface area contributed by atoms with Gasteiger partial charge in [0, 0.05) is 4.43 Å². The zero-order chi connectivity index (χ0) is 10.0. The summed E-state index contributed by atoms with van der Waals surface area (Å²) in [5.74, 6) is 0.927. The summed E-state index contributed by atoms with van der Waals surface area (Å²) in [6.45, 7) is 2.38. The van der Waals surface area contributed by atoms with Crippen LogP contribution in [0, 0.1) is 5.92 Å². The summed E-state index contributed by atoms with van der Waals surface area (Å²) in [6, 6.07) is 0. The average Bonchev–Trinajstić information content (AvgIpc) is 2.15. The molecule has 0 saturated heterocycles. The highest BCUT2D eigenvalue weighted by Gasteiger charge is 2.37. The van der Waals surface area contributed by atoms with Gasteiger partial charge in [0.15, 0.2) is 0 Å². The molecule has 2 saturated carbocycles. The van der Waals surface area contributed by atoms with Crippen LogP contribution in [0.3, 0.4) is 0 Å². The predicted molar refractivity (Wildman–Crippen MR) is 68.0 cm³/mol. The summed E-state index contributed by atoms with van der Waals surface area (Å²) >= 11 is 2.52. The Bertz CT molecular complexity index is 181. The van der Waals surface area contributed by atoms with Crippen molar-refractivity contribution in [1.82, 2.24) is 0 Å². The molecule has 0 aliphatic heterocycles. The van der Waals surface area contributed by atoms with Gasteiger partial charge in [-0.3, -0.25) is 0 Å². The first-order valence-corrected chi connectivity index (χ1v) is 7.50. The quantitative estimate of drug-likeness (QED) is 0.567. The average molecular weight is 308 g/mol. The van der Waals surface area contributed by atoms with Gasteiger partial charge in [-0.15, -0.1) is 0 Å². The van der Waals surface area contributed by atoms with Gasteiger partial charge in [0.05, 0.1) is 11.7 Å². The molecule has 0 amide bonds. The molecule has 0 aromatic carbocycles. The molecule has 0 bridgehead atoms. The fraction of sp³-hybridized carbons (Fsp3) is 1.00. The molecule has 0 radical (unpaired) electrons. The van der Waals surface area contributed by atoms with E-state index in [9.17, 15) is 0 Å². The molecular weight excluding hydrogens is 287 g/mol. The van der Waals surface area contributed by atoms with Gasteiger partial charge < -0.3 is 4.74 Å². The van der Waals surface area contributed by atoms with Crippen molar-refractivity contribution in [1.29, 1.82) is 0 Å². The maximum Gasteiger partial charge on any atom is 0.0775 e. The van der Waals surface area contributed by atoms with Gasteiger partial charge in [0.2, 0.25) is 0 Å². The highest BCUT2D eigenvalue weighted by molar-refractivity contribution is 14.1. The van der Waals surface area contributed by atoms with Crippen LogP contribution in [0.5, 0.6) is 0 Å². The summed E-state index contributed by atoms with van der Waals surface area (Å²) in [5, 5.41) is 0. The Morgan fingerprint density at radius 3 is 2.29 bits per heavy atom. The Kier molecular flexibility index (Phi) is 3.74.